The maximum atomic E-state index is 12.5. The molecule has 0 saturated carbocycles. The number of aromatic nitrogens is 2. The number of nitrogens with one attached hydrogen (secondary N) is 1. The van der Waals surface area contributed by atoms with Gasteiger partial charge in [-0.25, -0.2) is 4.98 Å². The molecule has 31 heavy (non-hydrogen) atoms. The smallest absolute Gasteiger partial charge is 0.270 e. The minimum absolute atomic E-state index is 0.124. The van der Waals surface area contributed by atoms with Crippen LogP contribution < -0.4 is 5.56 Å². The van der Waals surface area contributed by atoms with E-state index in [4.69, 9.17) is 16.0 Å². The minimum atomic E-state index is -0.535. The Morgan fingerprint density at radius 1 is 1.35 bits per heavy atom. The highest BCUT2D eigenvalue weighted by Gasteiger charge is 2.16. The van der Waals surface area contributed by atoms with Crippen LogP contribution in [0.15, 0.2) is 39.5 Å². The third-order valence-corrected chi connectivity index (χ3v) is 6.17. The molecule has 3 aromatic heterocycles. The molecule has 1 aromatic carbocycles. The summed E-state index contributed by atoms with van der Waals surface area (Å²) < 4.78 is 5.75. The van der Waals surface area contributed by atoms with Crippen LogP contribution in [0.25, 0.3) is 33.2 Å². The largest absolute Gasteiger partial charge is 0.457 e. The number of nitro groups is 1. The zero-order valence-electron chi connectivity index (χ0n) is 16.2. The van der Waals surface area contributed by atoms with Crippen molar-refractivity contribution in [2.75, 3.05) is 0 Å². The number of aryl methyl sites for hydroxylation is 2. The lowest BCUT2D eigenvalue weighted by atomic mass is 10.1. The van der Waals surface area contributed by atoms with Crippen LogP contribution in [0.4, 0.5) is 5.69 Å². The van der Waals surface area contributed by atoms with Gasteiger partial charge in [0, 0.05) is 28.6 Å². The molecule has 0 radical (unpaired) electrons. The van der Waals surface area contributed by atoms with Crippen molar-refractivity contribution >= 4 is 50.5 Å². The summed E-state index contributed by atoms with van der Waals surface area (Å²) in [5.41, 5.74) is 1.04. The van der Waals surface area contributed by atoms with Crippen molar-refractivity contribution in [2.45, 2.75) is 13.8 Å². The Bertz CT molecular complexity index is 1490. The van der Waals surface area contributed by atoms with E-state index in [1.165, 1.54) is 35.6 Å². The van der Waals surface area contributed by atoms with E-state index in [2.05, 4.69) is 9.97 Å². The van der Waals surface area contributed by atoms with Crippen LogP contribution in [-0.2, 0) is 0 Å². The Morgan fingerprint density at radius 2 is 2.13 bits per heavy atom. The predicted octanol–water partition coefficient (Wildman–Crippen LogP) is 5.49. The van der Waals surface area contributed by atoms with Gasteiger partial charge < -0.3 is 9.40 Å². The predicted molar refractivity (Wildman–Crippen MR) is 119 cm³/mol. The quantitative estimate of drug-likeness (QED) is 0.248. The molecular weight excluding hydrogens is 440 g/mol. The number of rotatable bonds is 4. The Hall–Kier alpha value is -3.74. The van der Waals surface area contributed by atoms with E-state index in [-0.39, 0.29) is 27.7 Å². The van der Waals surface area contributed by atoms with E-state index in [0.717, 1.165) is 10.4 Å². The molecule has 4 rings (SSSR count). The first kappa shape index (κ1) is 20.5. The van der Waals surface area contributed by atoms with Crippen molar-refractivity contribution in [3.05, 3.63) is 77.8 Å². The first-order valence-electron chi connectivity index (χ1n) is 8.95. The van der Waals surface area contributed by atoms with E-state index >= 15 is 0 Å². The number of fused-ring (bicyclic) bond motifs is 1. The average Bonchev–Trinajstić information content (AvgIpc) is 3.30. The Morgan fingerprint density at radius 3 is 2.81 bits per heavy atom. The number of furan rings is 1. The number of nitriles is 1. The first-order valence-corrected chi connectivity index (χ1v) is 10.1. The molecule has 10 heteroatoms. The molecule has 0 bridgehead atoms. The van der Waals surface area contributed by atoms with Crippen molar-refractivity contribution in [1.29, 1.82) is 5.26 Å². The lowest BCUT2D eigenvalue weighted by Gasteiger charge is -2.01. The Labute approximate surface area is 184 Å². The maximum Gasteiger partial charge on any atom is 0.270 e. The number of aromatic amines is 1. The normalized spacial score (nSPS) is 11.6. The van der Waals surface area contributed by atoms with Crippen molar-refractivity contribution in [3.8, 4) is 17.4 Å². The summed E-state index contributed by atoms with van der Waals surface area (Å²) >= 11 is 7.55. The average molecular weight is 453 g/mol. The molecule has 0 spiro atoms. The second-order valence-corrected chi connectivity index (χ2v) is 8.28. The summed E-state index contributed by atoms with van der Waals surface area (Å²) in [6.07, 6.45) is 1.46. The molecule has 0 fully saturated rings. The highest BCUT2D eigenvalue weighted by Crippen LogP contribution is 2.33. The van der Waals surface area contributed by atoms with Crippen LogP contribution in [0.1, 0.15) is 22.0 Å². The third-order valence-electron chi connectivity index (χ3n) is 4.76. The molecule has 0 aliphatic heterocycles. The van der Waals surface area contributed by atoms with E-state index in [0.29, 0.717) is 27.3 Å². The van der Waals surface area contributed by atoms with Gasteiger partial charge in [-0.15, -0.1) is 11.3 Å². The third kappa shape index (κ3) is 3.74. The molecule has 1 N–H and O–H groups in total. The number of halogens is 1. The number of H-pyrrole nitrogens is 1. The number of hydrogen-bond donors (Lipinski definition) is 1. The number of nitrogens with zero attached hydrogens (tertiary/aromatic N) is 3. The SMILES string of the molecule is Cc1sc2nc(/C(C#N)=C/c3ccc(-c4ccc([N+](=O)[O-])cc4Cl)o3)[nH]c(=O)c2c1C. The van der Waals surface area contributed by atoms with E-state index in [1.807, 2.05) is 19.9 Å². The zero-order valence-corrected chi connectivity index (χ0v) is 17.8. The van der Waals surface area contributed by atoms with Crippen molar-refractivity contribution in [1.82, 2.24) is 9.97 Å². The number of benzene rings is 1. The number of thiophene rings is 1. The van der Waals surface area contributed by atoms with Crippen molar-refractivity contribution in [2.24, 2.45) is 0 Å². The van der Waals surface area contributed by atoms with Crippen LogP contribution in [-0.4, -0.2) is 14.9 Å². The number of hydrogen-bond acceptors (Lipinski definition) is 7. The number of non-ortho nitro benzene ring substituents is 1. The molecule has 8 nitrogen and oxygen atoms in total. The highest BCUT2D eigenvalue weighted by atomic mass is 35.5. The monoisotopic (exact) mass is 452 g/mol. The fraction of sp³-hybridized carbons (Fsp3) is 0.0952. The summed E-state index contributed by atoms with van der Waals surface area (Å²) in [6.45, 7) is 3.77. The van der Waals surface area contributed by atoms with Gasteiger partial charge in [-0.05, 0) is 37.6 Å². The van der Waals surface area contributed by atoms with Gasteiger partial charge in [-0.3, -0.25) is 14.9 Å². The highest BCUT2D eigenvalue weighted by molar-refractivity contribution is 7.18. The molecule has 0 saturated heterocycles. The van der Waals surface area contributed by atoms with Crippen LogP contribution in [0.3, 0.4) is 0 Å². The molecular formula is C21H13ClN4O4S. The maximum absolute atomic E-state index is 12.5. The van der Waals surface area contributed by atoms with Crippen LogP contribution in [0, 0.1) is 35.3 Å². The van der Waals surface area contributed by atoms with Gasteiger partial charge in [0.2, 0.25) is 0 Å². The molecule has 4 aromatic rings. The summed E-state index contributed by atoms with van der Waals surface area (Å²) in [4.78, 5) is 31.5. The second-order valence-electron chi connectivity index (χ2n) is 6.67. The summed E-state index contributed by atoms with van der Waals surface area (Å²) in [5.74, 6) is 0.861. The van der Waals surface area contributed by atoms with Gasteiger partial charge in [0.05, 0.1) is 20.9 Å². The van der Waals surface area contributed by atoms with Gasteiger partial charge in [-0.1, -0.05) is 11.6 Å². The van der Waals surface area contributed by atoms with E-state index in [9.17, 15) is 20.2 Å². The van der Waals surface area contributed by atoms with E-state index in [1.54, 1.807) is 12.1 Å². The molecule has 0 aliphatic rings. The van der Waals surface area contributed by atoms with Crippen LogP contribution >= 0.6 is 22.9 Å². The molecule has 0 aliphatic carbocycles. The molecule has 0 atom stereocenters. The van der Waals surface area contributed by atoms with Gasteiger partial charge >= 0.3 is 0 Å². The van der Waals surface area contributed by atoms with Crippen LogP contribution in [0.2, 0.25) is 5.02 Å². The standard InChI is InChI=1S/C21H13ClN4O4S/c1-10-11(2)31-21-18(10)20(27)24-19(25-21)12(9-23)7-14-4-6-17(30-14)15-5-3-13(26(28)29)8-16(15)22/h3-8H,1-2H3,(H,24,25,27)/b12-7+. The summed E-state index contributed by atoms with van der Waals surface area (Å²) in [5, 5.41) is 21.2. The first-order chi connectivity index (χ1) is 14.8. The topological polar surface area (TPSA) is 126 Å². The molecule has 154 valence electrons. The number of nitro benzene ring substituents is 1. The number of allylic oxidation sites excluding steroid dienone is 1. The molecule has 0 amide bonds. The van der Waals surface area contributed by atoms with E-state index < -0.39 is 4.92 Å². The minimum Gasteiger partial charge on any atom is -0.457 e. The van der Waals surface area contributed by atoms with Crippen molar-refractivity contribution in [3.63, 3.8) is 0 Å². The van der Waals surface area contributed by atoms with Crippen molar-refractivity contribution < 1.29 is 9.34 Å². The summed E-state index contributed by atoms with van der Waals surface area (Å²) in [7, 11) is 0. The molecule has 0 unspecified atom stereocenters. The lowest BCUT2D eigenvalue weighted by Crippen LogP contribution is -2.10. The lowest BCUT2D eigenvalue weighted by molar-refractivity contribution is -0.384. The Balaban J connectivity index is 1.73. The van der Waals surface area contributed by atoms with Gasteiger partial charge in [-0.2, -0.15) is 5.26 Å². The fourth-order valence-electron chi connectivity index (χ4n) is 3.07. The molecule has 3 heterocycles. The van der Waals surface area contributed by atoms with Gasteiger partial charge in [0.25, 0.3) is 11.2 Å². The van der Waals surface area contributed by atoms with Gasteiger partial charge in [0.1, 0.15) is 22.4 Å². The summed E-state index contributed by atoms with van der Waals surface area (Å²) in [6, 6.07) is 9.36. The zero-order chi connectivity index (χ0) is 22.3. The second kappa shape index (κ2) is 7.83. The van der Waals surface area contributed by atoms with Gasteiger partial charge in [0.15, 0.2) is 5.82 Å². The van der Waals surface area contributed by atoms with Crippen LogP contribution in [0.5, 0.6) is 0 Å². The fourth-order valence-corrected chi connectivity index (χ4v) is 4.37. The Kier molecular flexibility index (Phi) is 5.19.